The first-order valence-electron chi connectivity index (χ1n) is 5.16. The highest BCUT2D eigenvalue weighted by molar-refractivity contribution is 6.42. The molecule has 0 saturated heterocycles. The minimum atomic E-state index is -0.0429. The van der Waals surface area contributed by atoms with E-state index in [4.69, 9.17) is 29.0 Å². The zero-order valence-corrected chi connectivity index (χ0v) is 10.8. The third kappa shape index (κ3) is 3.22. The van der Waals surface area contributed by atoms with E-state index >= 15 is 0 Å². The van der Waals surface area contributed by atoms with Crippen LogP contribution in [-0.4, -0.2) is 0 Å². The number of hydrazine groups is 1. The SMILES string of the molecule is C=C(CC)CC(NN)c1cccc(Cl)c1Cl. The third-order valence-corrected chi connectivity index (χ3v) is 3.38. The summed E-state index contributed by atoms with van der Waals surface area (Å²) >= 11 is 12.1. The van der Waals surface area contributed by atoms with E-state index < -0.39 is 0 Å². The molecular formula is C12H16Cl2N2. The molecule has 0 aliphatic carbocycles. The average molecular weight is 259 g/mol. The molecule has 0 aliphatic heterocycles. The van der Waals surface area contributed by atoms with Gasteiger partial charge >= 0.3 is 0 Å². The summed E-state index contributed by atoms with van der Waals surface area (Å²) in [6.45, 7) is 6.03. The first-order chi connectivity index (χ1) is 7.60. The molecule has 3 N–H and O–H groups in total. The molecule has 1 aromatic carbocycles. The molecule has 1 unspecified atom stereocenters. The first-order valence-corrected chi connectivity index (χ1v) is 5.92. The number of hydrogen-bond donors (Lipinski definition) is 2. The van der Waals surface area contributed by atoms with Crippen molar-refractivity contribution in [2.45, 2.75) is 25.8 Å². The maximum atomic E-state index is 6.14. The highest BCUT2D eigenvalue weighted by Gasteiger charge is 2.15. The van der Waals surface area contributed by atoms with E-state index in [1.165, 1.54) is 0 Å². The summed E-state index contributed by atoms with van der Waals surface area (Å²) < 4.78 is 0. The van der Waals surface area contributed by atoms with Crippen molar-refractivity contribution < 1.29 is 0 Å². The zero-order valence-electron chi connectivity index (χ0n) is 9.26. The Hall–Kier alpha value is -0.540. The van der Waals surface area contributed by atoms with Crippen LogP contribution in [0.25, 0.3) is 0 Å². The van der Waals surface area contributed by atoms with E-state index in [1.54, 1.807) is 6.07 Å². The second-order valence-electron chi connectivity index (χ2n) is 3.67. The van der Waals surface area contributed by atoms with Gasteiger partial charge in [0, 0.05) is 0 Å². The van der Waals surface area contributed by atoms with Gasteiger partial charge in [-0.05, 0) is 24.5 Å². The van der Waals surface area contributed by atoms with Crippen LogP contribution in [0.1, 0.15) is 31.4 Å². The summed E-state index contributed by atoms with van der Waals surface area (Å²) in [5.41, 5.74) is 4.78. The molecule has 16 heavy (non-hydrogen) atoms. The van der Waals surface area contributed by atoms with Gasteiger partial charge in [0.2, 0.25) is 0 Å². The van der Waals surface area contributed by atoms with Gasteiger partial charge in [-0.25, -0.2) is 0 Å². The normalized spacial score (nSPS) is 12.5. The molecule has 1 aromatic rings. The summed E-state index contributed by atoms with van der Waals surface area (Å²) in [5, 5.41) is 1.09. The monoisotopic (exact) mass is 258 g/mol. The van der Waals surface area contributed by atoms with E-state index in [0.717, 1.165) is 24.0 Å². The van der Waals surface area contributed by atoms with Crippen molar-refractivity contribution in [3.63, 3.8) is 0 Å². The largest absolute Gasteiger partial charge is 0.271 e. The Morgan fingerprint density at radius 2 is 2.19 bits per heavy atom. The van der Waals surface area contributed by atoms with Gasteiger partial charge < -0.3 is 0 Å². The van der Waals surface area contributed by atoms with Gasteiger partial charge in [-0.3, -0.25) is 11.3 Å². The van der Waals surface area contributed by atoms with Crippen molar-refractivity contribution in [1.82, 2.24) is 5.43 Å². The molecule has 0 radical (unpaired) electrons. The summed E-state index contributed by atoms with van der Waals surface area (Å²) in [6, 6.07) is 5.50. The lowest BCUT2D eigenvalue weighted by Crippen LogP contribution is -2.28. The third-order valence-electron chi connectivity index (χ3n) is 2.55. The maximum Gasteiger partial charge on any atom is 0.0640 e. The molecule has 0 saturated carbocycles. The Balaban J connectivity index is 2.95. The van der Waals surface area contributed by atoms with Crippen LogP contribution in [-0.2, 0) is 0 Å². The Labute approximate surface area is 106 Å². The van der Waals surface area contributed by atoms with Crippen molar-refractivity contribution in [2.75, 3.05) is 0 Å². The molecule has 0 heterocycles. The summed E-state index contributed by atoms with van der Waals surface area (Å²) in [6.07, 6.45) is 1.68. The van der Waals surface area contributed by atoms with E-state index in [1.807, 2.05) is 12.1 Å². The molecule has 0 bridgehead atoms. The minimum Gasteiger partial charge on any atom is -0.271 e. The van der Waals surface area contributed by atoms with Crippen LogP contribution < -0.4 is 11.3 Å². The second kappa shape index (κ2) is 6.26. The molecule has 0 aliphatic rings. The van der Waals surface area contributed by atoms with Crippen molar-refractivity contribution in [3.8, 4) is 0 Å². The van der Waals surface area contributed by atoms with E-state index in [2.05, 4.69) is 18.9 Å². The fourth-order valence-corrected chi connectivity index (χ4v) is 1.92. The van der Waals surface area contributed by atoms with Crippen molar-refractivity contribution in [3.05, 3.63) is 46.0 Å². The highest BCUT2D eigenvalue weighted by atomic mass is 35.5. The van der Waals surface area contributed by atoms with Crippen molar-refractivity contribution in [2.24, 2.45) is 5.84 Å². The predicted octanol–water partition coefficient (Wildman–Crippen LogP) is 3.85. The zero-order chi connectivity index (χ0) is 12.1. The molecule has 0 aromatic heterocycles. The quantitative estimate of drug-likeness (QED) is 0.478. The van der Waals surface area contributed by atoms with Gasteiger partial charge in [-0.2, -0.15) is 0 Å². The molecule has 1 atom stereocenters. The van der Waals surface area contributed by atoms with Crippen LogP contribution in [0.2, 0.25) is 10.0 Å². The average Bonchev–Trinajstić information content (AvgIpc) is 2.29. The molecule has 0 amide bonds. The number of nitrogens with one attached hydrogen (secondary N) is 1. The maximum absolute atomic E-state index is 6.14. The lowest BCUT2D eigenvalue weighted by molar-refractivity contribution is 0.545. The number of nitrogens with two attached hydrogens (primary N) is 1. The lowest BCUT2D eigenvalue weighted by Gasteiger charge is -2.19. The Morgan fingerprint density at radius 3 is 2.75 bits per heavy atom. The van der Waals surface area contributed by atoms with Crippen molar-refractivity contribution >= 4 is 23.2 Å². The molecule has 1 rings (SSSR count). The van der Waals surface area contributed by atoms with Gasteiger partial charge in [0.25, 0.3) is 0 Å². The Bertz CT molecular complexity index is 377. The van der Waals surface area contributed by atoms with Crippen LogP contribution in [0, 0.1) is 0 Å². The standard InChI is InChI=1S/C12H16Cl2N2/c1-3-8(2)7-11(16-15)9-5-4-6-10(13)12(9)14/h4-6,11,16H,2-3,7,15H2,1H3. The molecule has 4 heteroatoms. The predicted molar refractivity (Wildman–Crippen MR) is 70.6 cm³/mol. The molecule has 88 valence electrons. The van der Waals surface area contributed by atoms with Gasteiger partial charge in [0.05, 0.1) is 16.1 Å². The molecule has 2 nitrogen and oxygen atoms in total. The van der Waals surface area contributed by atoms with Gasteiger partial charge in [0.1, 0.15) is 0 Å². The van der Waals surface area contributed by atoms with Crippen LogP contribution >= 0.6 is 23.2 Å². The van der Waals surface area contributed by atoms with Gasteiger partial charge in [0.15, 0.2) is 0 Å². The molecule has 0 spiro atoms. The number of hydrogen-bond acceptors (Lipinski definition) is 2. The topological polar surface area (TPSA) is 38.0 Å². The lowest BCUT2D eigenvalue weighted by atomic mass is 9.99. The Kier molecular flexibility index (Phi) is 5.29. The van der Waals surface area contributed by atoms with E-state index in [0.29, 0.717) is 10.0 Å². The molecular weight excluding hydrogens is 243 g/mol. The molecule has 0 fully saturated rings. The van der Waals surface area contributed by atoms with Crippen LogP contribution in [0.5, 0.6) is 0 Å². The number of halogens is 2. The summed E-state index contributed by atoms with van der Waals surface area (Å²) in [4.78, 5) is 0. The fraction of sp³-hybridized carbons (Fsp3) is 0.333. The summed E-state index contributed by atoms with van der Waals surface area (Å²) in [5.74, 6) is 5.53. The first kappa shape index (κ1) is 13.5. The summed E-state index contributed by atoms with van der Waals surface area (Å²) in [7, 11) is 0. The van der Waals surface area contributed by atoms with Crippen molar-refractivity contribution in [1.29, 1.82) is 0 Å². The smallest absolute Gasteiger partial charge is 0.0640 e. The minimum absolute atomic E-state index is 0.0429. The number of benzene rings is 1. The Morgan fingerprint density at radius 1 is 1.50 bits per heavy atom. The van der Waals surface area contributed by atoms with Crippen LogP contribution in [0.15, 0.2) is 30.4 Å². The van der Waals surface area contributed by atoms with E-state index in [9.17, 15) is 0 Å². The van der Waals surface area contributed by atoms with E-state index in [-0.39, 0.29) is 6.04 Å². The fourth-order valence-electron chi connectivity index (χ4n) is 1.48. The number of rotatable bonds is 5. The van der Waals surface area contributed by atoms with Crippen LogP contribution in [0.3, 0.4) is 0 Å². The van der Waals surface area contributed by atoms with Gasteiger partial charge in [-0.15, -0.1) is 0 Å². The second-order valence-corrected chi connectivity index (χ2v) is 4.46. The van der Waals surface area contributed by atoms with Gasteiger partial charge in [-0.1, -0.05) is 54.4 Å². The van der Waals surface area contributed by atoms with Crippen LogP contribution in [0.4, 0.5) is 0 Å². The highest BCUT2D eigenvalue weighted by Crippen LogP contribution is 2.32.